The number of rotatable bonds is 3. The van der Waals surface area contributed by atoms with Crippen molar-refractivity contribution in [2.45, 2.75) is 13.5 Å². The molecule has 1 N–H and O–H groups in total. The molecular weight excluding hydrogens is 366 g/mol. The van der Waals surface area contributed by atoms with Crippen LogP contribution in [0.5, 0.6) is 0 Å². The molecule has 0 saturated heterocycles. The fourth-order valence-electron chi connectivity index (χ4n) is 1.73. The van der Waals surface area contributed by atoms with E-state index in [4.69, 9.17) is 5.11 Å². The van der Waals surface area contributed by atoms with Crippen molar-refractivity contribution in [1.29, 1.82) is 0 Å². The highest BCUT2D eigenvalue weighted by Gasteiger charge is 2.14. The van der Waals surface area contributed by atoms with Crippen molar-refractivity contribution < 1.29 is 9.90 Å². The van der Waals surface area contributed by atoms with Gasteiger partial charge in [-0.15, -0.1) is 0 Å². The van der Waals surface area contributed by atoms with Crippen molar-refractivity contribution >= 4 is 37.8 Å². The Morgan fingerprint density at radius 2 is 2.17 bits per heavy atom. The lowest BCUT2D eigenvalue weighted by Gasteiger charge is -2.06. The van der Waals surface area contributed by atoms with E-state index in [-0.39, 0.29) is 5.56 Å². The Balaban J connectivity index is 2.37. The van der Waals surface area contributed by atoms with Crippen LogP contribution in [0.1, 0.15) is 21.7 Å². The molecule has 0 atom stereocenters. The smallest absolute Gasteiger partial charge is 0.337 e. The molecule has 0 aliphatic heterocycles. The second-order valence-corrected chi connectivity index (χ2v) is 5.56. The summed E-state index contributed by atoms with van der Waals surface area (Å²) in [6, 6.07) is 1.58. The zero-order chi connectivity index (χ0) is 13.4. The Hall–Kier alpha value is -1.08. The molecule has 0 amide bonds. The van der Waals surface area contributed by atoms with E-state index >= 15 is 0 Å². The number of carboxylic acid groups (broad SMARTS) is 1. The van der Waals surface area contributed by atoms with Crippen LogP contribution in [-0.2, 0) is 13.6 Å². The first kappa shape index (κ1) is 13.4. The predicted octanol–water partition coefficient (Wildman–Crippen LogP) is 2.80. The number of carboxylic acids is 1. The van der Waals surface area contributed by atoms with Gasteiger partial charge in [-0.05, 0) is 44.8 Å². The molecule has 5 nitrogen and oxygen atoms in total. The van der Waals surface area contributed by atoms with Crippen LogP contribution in [0, 0.1) is 6.92 Å². The summed E-state index contributed by atoms with van der Waals surface area (Å²) in [4.78, 5) is 10.9. The average Bonchev–Trinajstić information content (AvgIpc) is 2.76. The second-order valence-electron chi connectivity index (χ2n) is 3.95. The lowest BCUT2D eigenvalue weighted by Crippen LogP contribution is -2.05. The van der Waals surface area contributed by atoms with E-state index in [0.717, 1.165) is 20.5 Å². The van der Waals surface area contributed by atoms with Gasteiger partial charge in [0.15, 0.2) is 0 Å². The van der Waals surface area contributed by atoms with Gasteiger partial charge in [0.05, 0.1) is 32.6 Å². The maximum absolute atomic E-state index is 10.9. The number of carbonyl (C=O) groups is 1. The maximum atomic E-state index is 10.9. The highest BCUT2D eigenvalue weighted by Crippen LogP contribution is 2.23. The Labute approximate surface area is 121 Å². The molecule has 0 unspecified atom stereocenters. The molecule has 0 bridgehead atoms. The molecule has 0 spiro atoms. The Morgan fingerprint density at radius 1 is 1.50 bits per heavy atom. The number of nitrogens with zero attached hydrogens (tertiary/aromatic N) is 3. The van der Waals surface area contributed by atoms with E-state index in [1.807, 2.05) is 18.5 Å². The van der Waals surface area contributed by atoms with Crippen molar-refractivity contribution in [3.63, 3.8) is 0 Å². The van der Waals surface area contributed by atoms with E-state index in [2.05, 4.69) is 37.0 Å². The molecule has 0 aliphatic carbocycles. The van der Waals surface area contributed by atoms with Crippen molar-refractivity contribution in [1.82, 2.24) is 14.3 Å². The molecule has 0 aromatic carbocycles. The summed E-state index contributed by atoms with van der Waals surface area (Å²) in [7, 11) is 1.86. The molecule has 2 aromatic heterocycles. The number of hydrogen-bond donors (Lipinski definition) is 1. The highest BCUT2D eigenvalue weighted by molar-refractivity contribution is 9.10. The quantitative estimate of drug-likeness (QED) is 0.895. The normalized spacial score (nSPS) is 10.9. The van der Waals surface area contributed by atoms with E-state index < -0.39 is 5.97 Å². The van der Waals surface area contributed by atoms with E-state index in [1.165, 1.54) is 0 Å². The van der Waals surface area contributed by atoms with Gasteiger partial charge in [-0.25, -0.2) is 4.79 Å². The predicted molar refractivity (Wildman–Crippen MR) is 73.8 cm³/mol. The zero-order valence-corrected chi connectivity index (χ0v) is 13.0. The first-order valence-electron chi connectivity index (χ1n) is 5.17. The summed E-state index contributed by atoms with van der Waals surface area (Å²) in [6.07, 6.45) is 1.60. The Kier molecular flexibility index (Phi) is 3.63. The molecule has 96 valence electrons. The molecule has 0 aliphatic rings. The molecule has 0 saturated carbocycles. The topological polar surface area (TPSA) is 60.0 Å². The third-order valence-electron chi connectivity index (χ3n) is 2.67. The lowest BCUT2D eigenvalue weighted by atomic mass is 10.3. The van der Waals surface area contributed by atoms with Crippen LogP contribution in [-0.4, -0.2) is 25.4 Å². The molecule has 0 fully saturated rings. The summed E-state index contributed by atoms with van der Waals surface area (Å²) in [5.74, 6) is -0.935. The number of aryl methyl sites for hydroxylation is 2. The van der Waals surface area contributed by atoms with Crippen molar-refractivity contribution in [2.75, 3.05) is 0 Å². The Bertz CT molecular complexity index is 616. The van der Waals surface area contributed by atoms with Crippen LogP contribution in [0.2, 0.25) is 0 Å². The van der Waals surface area contributed by atoms with Gasteiger partial charge in [-0.3, -0.25) is 4.68 Å². The third-order valence-corrected chi connectivity index (χ3v) is 4.39. The number of aromatic carboxylic acids is 1. The third kappa shape index (κ3) is 2.37. The largest absolute Gasteiger partial charge is 0.478 e. The van der Waals surface area contributed by atoms with Crippen molar-refractivity contribution in [3.8, 4) is 0 Å². The molecule has 0 radical (unpaired) electrons. The second kappa shape index (κ2) is 4.89. The van der Waals surface area contributed by atoms with Gasteiger partial charge in [0.25, 0.3) is 0 Å². The van der Waals surface area contributed by atoms with Crippen LogP contribution >= 0.6 is 31.9 Å². The fraction of sp³-hybridized carbons (Fsp3) is 0.273. The summed E-state index contributed by atoms with van der Waals surface area (Å²) >= 11 is 6.84. The number of halogens is 2. The summed E-state index contributed by atoms with van der Waals surface area (Å²) in [5, 5.41) is 13.2. The monoisotopic (exact) mass is 375 g/mol. The minimum Gasteiger partial charge on any atom is -0.478 e. The van der Waals surface area contributed by atoms with E-state index in [1.54, 1.807) is 16.9 Å². The van der Waals surface area contributed by atoms with Gasteiger partial charge in [0, 0.05) is 13.2 Å². The summed E-state index contributed by atoms with van der Waals surface area (Å²) < 4.78 is 5.28. The first-order chi connectivity index (χ1) is 8.40. The van der Waals surface area contributed by atoms with Crippen LogP contribution < -0.4 is 0 Å². The van der Waals surface area contributed by atoms with Gasteiger partial charge in [-0.2, -0.15) is 5.10 Å². The molecule has 2 aromatic rings. The molecule has 7 heteroatoms. The van der Waals surface area contributed by atoms with E-state index in [9.17, 15) is 4.79 Å². The lowest BCUT2D eigenvalue weighted by molar-refractivity contribution is 0.0697. The average molecular weight is 377 g/mol. The van der Waals surface area contributed by atoms with Gasteiger partial charge in [-0.1, -0.05) is 0 Å². The molecule has 18 heavy (non-hydrogen) atoms. The van der Waals surface area contributed by atoms with Crippen molar-refractivity contribution in [2.24, 2.45) is 7.05 Å². The first-order valence-corrected chi connectivity index (χ1v) is 6.75. The minimum absolute atomic E-state index is 0.261. The standard InChI is InChI=1S/C11H11Br2N3O2/c1-6-10(13)8(15(2)14-6)5-16-4-7(11(17)18)3-9(16)12/h3-4H,5H2,1-2H3,(H,17,18). The molecule has 2 heterocycles. The highest BCUT2D eigenvalue weighted by atomic mass is 79.9. The maximum Gasteiger partial charge on any atom is 0.337 e. The van der Waals surface area contributed by atoms with Crippen molar-refractivity contribution in [3.05, 3.63) is 38.3 Å². The summed E-state index contributed by atoms with van der Waals surface area (Å²) in [5.41, 5.74) is 2.16. The van der Waals surface area contributed by atoms with Gasteiger partial charge < -0.3 is 9.67 Å². The van der Waals surface area contributed by atoms with Crippen LogP contribution in [0.15, 0.2) is 21.3 Å². The Morgan fingerprint density at radius 3 is 2.61 bits per heavy atom. The SMILES string of the molecule is Cc1nn(C)c(Cn2cc(C(=O)O)cc2Br)c1Br. The van der Waals surface area contributed by atoms with Gasteiger partial charge in [0.2, 0.25) is 0 Å². The molecular formula is C11H11Br2N3O2. The van der Waals surface area contributed by atoms with Gasteiger partial charge in [0.1, 0.15) is 0 Å². The van der Waals surface area contributed by atoms with Crippen LogP contribution in [0.4, 0.5) is 0 Å². The van der Waals surface area contributed by atoms with Crippen LogP contribution in [0.3, 0.4) is 0 Å². The fourth-order valence-corrected chi connectivity index (χ4v) is 2.67. The summed E-state index contributed by atoms with van der Waals surface area (Å²) in [6.45, 7) is 2.47. The van der Waals surface area contributed by atoms with E-state index in [0.29, 0.717) is 6.54 Å². The van der Waals surface area contributed by atoms with Crippen LogP contribution in [0.25, 0.3) is 0 Å². The number of hydrogen-bond acceptors (Lipinski definition) is 2. The number of aromatic nitrogens is 3. The molecule has 2 rings (SSSR count). The minimum atomic E-state index is -0.935. The zero-order valence-electron chi connectivity index (χ0n) is 9.81. The van der Waals surface area contributed by atoms with Gasteiger partial charge >= 0.3 is 5.97 Å².